The zero-order chi connectivity index (χ0) is 17.8. The quantitative estimate of drug-likeness (QED) is 0.568. The maximum atomic E-state index is 4.09. The molecule has 3 aromatic rings. The molecule has 0 aliphatic carbocycles. The van der Waals surface area contributed by atoms with Crippen LogP contribution in [-0.4, -0.2) is 23.0 Å². The molecular formula is C24H26N2. The lowest BCUT2D eigenvalue weighted by Crippen LogP contribution is -2.24. The Bertz CT molecular complexity index is 816. The number of rotatable bonds is 5. The van der Waals surface area contributed by atoms with Crippen LogP contribution in [0.4, 0.5) is 0 Å². The van der Waals surface area contributed by atoms with Crippen molar-refractivity contribution in [1.29, 1.82) is 0 Å². The second-order valence-electron chi connectivity index (χ2n) is 7.10. The third-order valence-electron chi connectivity index (χ3n) is 5.50. The summed E-state index contributed by atoms with van der Waals surface area (Å²) in [5, 5.41) is 0. The van der Waals surface area contributed by atoms with Gasteiger partial charge < -0.3 is 0 Å². The summed E-state index contributed by atoms with van der Waals surface area (Å²) >= 11 is 0. The summed E-state index contributed by atoms with van der Waals surface area (Å²) in [6, 6.07) is 22.7. The second kappa shape index (κ2) is 7.84. The molecule has 1 saturated heterocycles. The molecule has 2 heterocycles. The number of aromatic nitrogens is 1. The minimum Gasteiger partial charge on any atom is -0.296 e. The first-order chi connectivity index (χ1) is 12.8. The van der Waals surface area contributed by atoms with Crippen molar-refractivity contribution >= 4 is 0 Å². The fourth-order valence-electron chi connectivity index (χ4n) is 4.06. The van der Waals surface area contributed by atoms with Gasteiger partial charge in [0.15, 0.2) is 0 Å². The van der Waals surface area contributed by atoms with Gasteiger partial charge in [0.05, 0.1) is 0 Å². The molecule has 4 rings (SSSR count). The van der Waals surface area contributed by atoms with Crippen molar-refractivity contribution in [3.05, 3.63) is 78.6 Å². The Balaban J connectivity index is 1.53. The summed E-state index contributed by atoms with van der Waals surface area (Å²) in [6.07, 6.45) is 7.55. The van der Waals surface area contributed by atoms with Gasteiger partial charge in [-0.2, -0.15) is 0 Å². The van der Waals surface area contributed by atoms with Crippen molar-refractivity contribution in [2.75, 3.05) is 13.1 Å². The average molecular weight is 342 g/mol. The van der Waals surface area contributed by atoms with Crippen molar-refractivity contribution < 1.29 is 0 Å². The van der Waals surface area contributed by atoms with E-state index >= 15 is 0 Å². The third-order valence-corrected chi connectivity index (χ3v) is 5.50. The maximum Gasteiger partial charge on any atom is 0.0345 e. The molecule has 0 N–H and O–H groups in total. The molecule has 0 spiro atoms. The van der Waals surface area contributed by atoms with Crippen molar-refractivity contribution in [1.82, 2.24) is 9.88 Å². The molecule has 0 radical (unpaired) electrons. The minimum absolute atomic E-state index is 0.570. The van der Waals surface area contributed by atoms with E-state index in [-0.39, 0.29) is 0 Å². The fourth-order valence-corrected chi connectivity index (χ4v) is 4.06. The van der Waals surface area contributed by atoms with E-state index in [4.69, 9.17) is 0 Å². The highest BCUT2D eigenvalue weighted by Gasteiger charge is 2.21. The lowest BCUT2D eigenvalue weighted by Gasteiger charge is -2.27. The zero-order valence-electron chi connectivity index (χ0n) is 15.4. The van der Waals surface area contributed by atoms with E-state index in [1.165, 1.54) is 60.2 Å². The van der Waals surface area contributed by atoms with Gasteiger partial charge in [-0.05, 0) is 72.3 Å². The van der Waals surface area contributed by atoms with Gasteiger partial charge in [-0.15, -0.1) is 0 Å². The Morgan fingerprint density at radius 2 is 1.19 bits per heavy atom. The molecular weight excluding hydrogens is 316 g/mol. The van der Waals surface area contributed by atoms with Crippen LogP contribution in [0.1, 0.15) is 37.8 Å². The normalized spacial score (nSPS) is 15.9. The molecule has 0 bridgehead atoms. The number of likely N-dealkylation sites (tertiary alicyclic amines) is 1. The Kier molecular flexibility index (Phi) is 5.12. The standard InChI is InChI=1S/C24H26N2/c1-2-24(26-17-3-4-18-26)23-11-9-20(10-12-23)19-5-7-21(8-6-19)22-13-15-25-16-14-22/h5-16,24H,2-4,17-18H2,1H3. The Morgan fingerprint density at radius 1 is 0.731 bits per heavy atom. The molecule has 1 aliphatic heterocycles. The van der Waals surface area contributed by atoms with Gasteiger partial charge in [-0.3, -0.25) is 9.88 Å². The summed E-state index contributed by atoms with van der Waals surface area (Å²) in [6.45, 7) is 4.79. The molecule has 2 nitrogen and oxygen atoms in total. The molecule has 1 aromatic heterocycles. The van der Waals surface area contributed by atoms with Crippen LogP contribution in [0.2, 0.25) is 0 Å². The van der Waals surface area contributed by atoms with E-state index in [9.17, 15) is 0 Å². The van der Waals surface area contributed by atoms with Gasteiger partial charge in [0, 0.05) is 18.4 Å². The van der Waals surface area contributed by atoms with Crippen LogP contribution in [0.25, 0.3) is 22.3 Å². The van der Waals surface area contributed by atoms with E-state index in [0.717, 1.165) is 0 Å². The lowest BCUT2D eigenvalue weighted by atomic mass is 9.97. The zero-order valence-corrected chi connectivity index (χ0v) is 15.4. The van der Waals surface area contributed by atoms with E-state index < -0.39 is 0 Å². The monoisotopic (exact) mass is 342 g/mol. The molecule has 2 aromatic carbocycles. The molecule has 0 saturated carbocycles. The highest BCUT2D eigenvalue weighted by atomic mass is 15.2. The van der Waals surface area contributed by atoms with Crippen LogP contribution in [0.3, 0.4) is 0 Å². The van der Waals surface area contributed by atoms with E-state index in [0.29, 0.717) is 6.04 Å². The van der Waals surface area contributed by atoms with Gasteiger partial charge in [-0.25, -0.2) is 0 Å². The molecule has 1 atom stereocenters. The molecule has 26 heavy (non-hydrogen) atoms. The van der Waals surface area contributed by atoms with Crippen molar-refractivity contribution in [3.8, 4) is 22.3 Å². The number of pyridine rings is 1. The molecule has 0 amide bonds. The molecule has 1 unspecified atom stereocenters. The molecule has 132 valence electrons. The molecule has 2 heteroatoms. The van der Waals surface area contributed by atoms with Crippen LogP contribution in [-0.2, 0) is 0 Å². The Labute approximate surface area is 156 Å². The van der Waals surface area contributed by atoms with Crippen LogP contribution < -0.4 is 0 Å². The summed E-state index contributed by atoms with van der Waals surface area (Å²) < 4.78 is 0. The van der Waals surface area contributed by atoms with Gasteiger partial charge in [0.2, 0.25) is 0 Å². The van der Waals surface area contributed by atoms with Gasteiger partial charge >= 0.3 is 0 Å². The topological polar surface area (TPSA) is 16.1 Å². The summed E-state index contributed by atoms with van der Waals surface area (Å²) in [7, 11) is 0. The average Bonchev–Trinajstić information content (AvgIpc) is 3.24. The van der Waals surface area contributed by atoms with Crippen molar-refractivity contribution in [2.45, 2.75) is 32.2 Å². The maximum absolute atomic E-state index is 4.09. The largest absolute Gasteiger partial charge is 0.296 e. The first-order valence-electron chi connectivity index (χ1n) is 9.70. The van der Waals surface area contributed by atoms with Gasteiger partial charge in [0.25, 0.3) is 0 Å². The van der Waals surface area contributed by atoms with Crippen molar-refractivity contribution in [3.63, 3.8) is 0 Å². The first-order valence-corrected chi connectivity index (χ1v) is 9.70. The van der Waals surface area contributed by atoms with Gasteiger partial charge in [-0.1, -0.05) is 55.5 Å². The van der Waals surface area contributed by atoms with Crippen LogP contribution in [0.15, 0.2) is 73.1 Å². The van der Waals surface area contributed by atoms with E-state index in [2.05, 4.69) is 65.3 Å². The highest BCUT2D eigenvalue weighted by Crippen LogP contribution is 2.30. The summed E-state index contributed by atoms with van der Waals surface area (Å²) in [5.74, 6) is 0. The predicted octanol–water partition coefficient (Wildman–Crippen LogP) is 5.96. The van der Waals surface area contributed by atoms with E-state index in [1.807, 2.05) is 24.5 Å². The summed E-state index contributed by atoms with van der Waals surface area (Å²) in [4.78, 5) is 6.73. The molecule has 1 fully saturated rings. The van der Waals surface area contributed by atoms with Crippen molar-refractivity contribution in [2.24, 2.45) is 0 Å². The minimum atomic E-state index is 0.570. The lowest BCUT2D eigenvalue weighted by molar-refractivity contribution is 0.239. The predicted molar refractivity (Wildman–Crippen MR) is 109 cm³/mol. The fraction of sp³-hybridized carbons (Fsp3) is 0.292. The van der Waals surface area contributed by atoms with Crippen LogP contribution in [0.5, 0.6) is 0 Å². The van der Waals surface area contributed by atoms with E-state index in [1.54, 1.807) is 0 Å². The highest BCUT2D eigenvalue weighted by molar-refractivity contribution is 5.70. The number of benzene rings is 2. The Hall–Kier alpha value is -2.45. The van der Waals surface area contributed by atoms with Gasteiger partial charge in [0.1, 0.15) is 0 Å². The second-order valence-corrected chi connectivity index (χ2v) is 7.10. The first kappa shape index (κ1) is 17.0. The SMILES string of the molecule is CCC(c1ccc(-c2ccc(-c3ccncc3)cc2)cc1)N1CCCC1. The summed E-state index contributed by atoms with van der Waals surface area (Å²) in [5.41, 5.74) is 6.44. The van der Waals surface area contributed by atoms with Crippen LogP contribution in [0, 0.1) is 0 Å². The van der Waals surface area contributed by atoms with Crippen LogP contribution >= 0.6 is 0 Å². The Morgan fingerprint density at radius 3 is 1.69 bits per heavy atom. The molecule has 1 aliphatic rings. The smallest absolute Gasteiger partial charge is 0.0345 e. The number of hydrogen-bond acceptors (Lipinski definition) is 2. The third kappa shape index (κ3) is 3.56. The number of nitrogens with zero attached hydrogens (tertiary/aromatic N) is 2. The number of hydrogen-bond donors (Lipinski definition) is 0.